The van der Waals surface area contributed by atoms with E-state index in [4.69, 9.17) is 9.47 Å². The molecule has 2 aliphatic rings. The van der Waals surface area contributed by atoms with Gasteiger partial charge in [0, 0.05) is 12.0 Å². The fourth-order valence-electron chi connectivity index (χ4n) is 3.98. The number of rotatable bonds is 6. The number of nitrogens with zero attached hydrogens (tertiary/aromatic N) is 1. The van der Waals surface area contributed by atoms with E-state index < -0.39 is 0 Å². The lowest BCUT2D eigenvalue weighted by atomic mass is 9.87. The zero-order valence-electron chi connectivity index (χ0n) is 15.6. The number of hydrogen-bond donors (Lipinski definition) is 0. The van der Waals surface area contributed by atoms with Crippen LogP contribution in [0.4, 0.5) is 4.79 Å². The Morgan fingerprint density at radius 1 is 1.16 bits per heavy atom. The molecule has 138 valence electrons. The number of benzene rings is 1. The summed E-state index contributed by atoms with van der Waals surface area (Å²) >= 11 is 0. The molecule has 0 N–H and O–H groups in total. The molecule has 1 atom stereocenters. The molecule has 0 radical (unpaired) electrons. The van der Waals surface area contributed by atoms with Crippen molar-refractivity contribution >= 4 is 6.09 Å². The number of hydrogen-bond acceptors (Lipinski definition) is 3. The van der Waals surface area contributed by atoms with Crippen LogP contribution in [0.5, 0.6) is 0 Å². The Morgan fingerprint density at radius 3 is 2.60 bits per heavy atom. The molecule has 1 amide bonds. The Kier molecular flexibility index (Phi) is 6.00. The van der Waals surface area contributed by atoms with Gasteiger partial charge in [-0.25, -0.2) is 4.79 Å². The molecule has 1 aliphatic carbocycles. The predicted octanol–water partition coefficient (Wildman–Crippen LogP) is 4.98. The van der Waals surface area contributed by atoms with Crippen molar-refractivity contribution in [3.63, 3.8) is 0 Å². The molecular weight excluding hydrogens is 314 g/mol. The maximum Gasteiger partial charge on any atom is 0.412 e. The van der Waals surface area contributed by atoms with Gasteiger partial charge in [0.25, 0.3) is 0 Å². The molecule has 3 rings (SSSR count). The molecule has 25 heavy (non-hydrogen) atoms. The molecule has 4 nitrogen and oxygen atoms in total. The van der Waals surface area contributed by atoms with E-state index in [9.17, 15) is 4.79 Å². The summed E-state index contributed by atoms with van der Waals surface area (Å²) in [4.78, 5) is 14.1. The number of carbonyl (C=O) groups is 1. The zero-order valence-corrected chi connectivity index (χ0v) is 15.6. The number of carbonyl (C=O) groups excluding carboxylic acids is 1. The fourth-order valence-corrected chi connectivity index (χ4v) is 3.98. The van der Waals surface area contributed by atoms with Crippen molar-refractivity contribution in [1.29, 1.82) is 0 Å². The highest BCUT2D eigenvalue weighted by atomic mass is 16.6. The highest BCUT2D eigenvalue weighted by Gasteiger charge is 2.43. The van der Waals surface area contributed by atoms with E-state index in [1.165, 1.54) is 32.1 Å². The van der Waals surface area contributed by atoms with Crippen LogP contribution in [0.1, 0.15) is 57.9 Å². The van der Waals surface area contributed by atoms with E-state index in [1.54, 1.807) is 4.90 Å². The van der Waals surface area contributed by atoms with Crippen molar-refractivity contribution in [2.75, 3.05) is 13.2 Å². The van der Waals surface area contributed by atoms with Gasteiger partial charge in [-0.2, -0.15) is 0 Å². The highest BCUT2D eigenvalue weighted by molar-refractivity contribution is 5.69. The van der Waals surface area contributed by atoms with Crippen LogP contribution in [0.2, 0.25) is 0 Å². The topological polar surface area (TPSA) is 38.8 Å². The minimum Gasteiger partial charge on any atom is -0.449 e. The van der Waals surface area contributed by atoms with Crippen molar-refractivity contribution in [2.24, 2.45) is 11.3 Å². The maximum absolute atomic E-state index is 12.4. The van der Waals surface area contributed by atoms with Gasteiger partial charge in [-0.3, -0.25) is 4.90 Å². The first kappa shape index (κ1) is 18.2. The van der Waals surface area contributed by atoms with Crippen LogP contribution in [0.25, 0.3) is 0 Å². The third-order valence-corrected chi connectivity index (χ3v) is 5.48. The van der Waals surface area contributed by atoms with E-state index in [-0.39, 0.29) is 17.7 Å². The van der Waals surface area contributed by atoms with Crippen LogP contribution in [-0.4, -0.2) is 30.4 Å². The molecule has 0 bridgehead atoms. The first-order valence-electron chi connectivity index (χ1n) is 9.65. The summed E-state index contributed by atoms with van der Waals surface area (Å²) in [6.07, 6.45) is 7.33. The minimum atomic E-state index is -0.272. The van der Waals surface area contributed by atoms with Crippen molar-refractivity contribution in [2.45, 2.75) is 65.1 Å². The van der Waals surface area contributed by atoms with Crippen molar-refractivity contribution in [1.82, 2.24) is 4.90 Å². The molecule has 0 spiro atoms. The SMILES string of the molecule is CC1(C)COC(=O)N(Cc2ccccc2)C1OCCC1CCCCC1. The molecular formula is C21H31NO3. The molecule has 1 unspecified atom stereocenters. The monoisotopic (exact) mass is 345 g/mol. The normalized spacial score (nSPS) is 24.2. The average molecular weight is 345 g/mol. The minimum absolute atomic E-state index is 0.213. The largest absolute Gasteiger partial charge is 0.449 e. The summed E-state index contributed by atoms with van der Waals surface area (Å²) in [6.45, 7) is 5.88. The zero-order chi connectivity index (χ0) is 17.7. The Bertz CT molecular complexity index is 552. The van der Waals surface area contributed by atoms with Gasteiger partial charge in [0.15, 0.2) is 0 Å². The summed E-state index contributed by atoms with van der Waals surface area (Å²) in [5.74, 6) is 0.787. The first-order valence-corrected chi connectivity index (χ1v) is 9.65. The quantitative estimate of drug-likeness (QED) is 0.730. The molecule has 1 aromatic carbocycles. The Labute approximate surface area is 151 Å². The average Bonchev–Trinajstić information content (AvgIpc) is 2.62. The van der Waals surface area contributed by atoms with Crippen LogP contribution in [0, 0.1) is 11.3 Å². The first-order chi connectivity index (χ1) is 12.1. The van der Waals surface area contributed by atoms with Gasteiger partial charge in [-0.15, -0.1) is 0 Å². The predicted molar refractivity (Wildman–Crippen MR) is 98.0 cm³/mol. The second-order valence-electron chi connectivity index (χ2n) is 8.17. The van der Waals surface area contributed by atoms with E-state index in [0.717, 1.165) is 24.5 Å². The number of amides is 1. The molecule has 2 fully saturated rings. The number of ether oxygens (including phenoxy) is 2. The summed E-state index contributed by atoms with van der Waals surface area (Å²) in [5.41, 5.74) is 0.882. The van der Waals surface area contributed by atoms with E-state index in [0.29, 0.717) is 13.2 Å². The lowest BCUT2D eigenvalue weighted by molar-refractivity contribution is -0.163. The third kappa shape index (κ3) is 4.75. The van der Waals surface area contributed by atoms with Crippen molar-refractivity contribution in [3.8, 4) is 0 Å². The van der Waals surface area contributed by atoms with Crippen LogP contribution < -0.4 is 0 Å². The van der Waals surface area contributed by atoms with E-state index in [1.807, 2.05) is 30.3 Å². The van der Waals surface area contributed by atoms with Crippen molar-refractivity contribution < 1.29 is 14.3 Å². The summed E-state index contributed by atoms with van der Waals surface area (Å²) < 4.78 is 11.7. The Balaban J connectivity index is 1.63. The van der Waals surface area contributed by atoms with Gasteiger partial charge in [0.1, 0.15) is 12.8 Å². The maximum atomic E-state index is 12.4. The van der Waals surface area contributed by atoms with Gasteiger partial charge in [-0.05, 0) is 17.9 Å². The Hall–Kier alpha value is -1.55. The Morgan fingerprint density at radius 2 is 1.88 bits per heavy atom. The van der Waals surface area contributed by atoms with Crippen LogP contribution in [0.3, 0.4) is 0 Å². The molecule has 1 heterocycles. The molecule has 4 heteroatoms. The lowest BCUT2D eigenvalue weighted by Gasteiger charge is -2.45. The molecule has 1 saturated carbocycles. The van der Waals surface area contributed by atoms with Crippen molar-refractivity contribution in [3.05, 3.63) is 35.9 Å². The third-order valence-electron chi connectivity index (χ3n) is 5.48. The van der Waals surface area contributed by atoms with Gasteiger partial charge >= 0.3 is 6.09 Å². The van der Waals surface area contributed by atoms with E-state index >= 15 is 0 Å². The number of cyclic esters (lactones) is 1. The second kappa shape index (κ2) is 8.22. The van der Waals surface area contributed by atoms with Crippen LogP contribution in [-0.2, 0) is 16.0 Å². The van der Waals surface area contributed by atoms with Gasteiger partial charge < -0.3 is 9.47 Å². The van der Waals surface area contributed by atoms with Crippen LogP contribution >= 0.6 is 0 Å². The summed E-state index contributed by atoms with van der Waals surface area (Å²) in [7, 11) is 0. The smallest absolute Gasteiger partial charge is 0.412 e. The van der Waals surface area contributed by atoms with Crippen LogP contribution in [0.15, 0.2) is 30.3 Å². The second-order valence-corrected chi connectivity index (χ2v) is 8.17. The standard InChI is InChI=1S/C21H31NO3/c1-21(2)16-25-20(23)22(15-18-11-7-4-8-12-18)19(21)24-14-13-17-9-5-3-6-10-17/h4,7-8,11-12,17,19H,3,5-6,9-10,13-16H2,1-2H3. The molecule has 0 aromatic heterocycles. The fraction of sp³-hybridized carbons (Fsp3) is 0.667. The van der Waals surface area contributed by atoms with Gasteiger partial charge in [-0.1, -0.05) is 76.3 Å². The lowest BCUT2D eigenvalue weighted by Crippen LogP contribution is -2.56. The van der Waals surface area contributed by atoms with Gasteiger partial charge in [0.05, 0.1) is 6.54 Å². The summed E-state index contributed by atoms with van der Waals surface area (Å²) in [6, 6.07) is 10.0. The summed E-state index contributed by atoms with van der Waals surface area (Å²) in [5, 5.41) is 0. The molecule has 1 aromatic rings. The van der Waals surface area contributed by atoms with Gasteiger partial charge in [0.2, 0.25) is 0 Å². The highest BCUT2D eigenvalue weighted by Crippen LogP contribution is 2.34. The molecule has 1 saturated heterocycles. The molecule has 1 aliphatic heterocycles. The van der Waals surface area contributed by atoms with E-state index in [2.05, 4.69) is 13.8 Å².